The van der Waals surface area contributed by atoms with Gasteiger partial charge in [0.15, 0.2) is 0 Å². The van der Waals surface area contributed by atoms with Crippen molar-refractivity contribution in [3.63, 3.8) is 0 Å². The number of carboxylic acid groups (broad SMARTS) is 1. The molecule has 1 saturated carbocycles. The largest absolute Gasteiger partial charge is 0.481 e. The molecule has 0 saturated heterocycles. The molecule has 1 aliphatic carbocycles. The van der Waals surface area contributed by atoms with Crippen molar-refractivity contribution >= 4 is 11.9 Å². The number of carbonyl (C=O) groups excluding carboxylic acids is 1. The zero-order valence-corrected chi connectivity index (χ0v) is 10.1. The van der Waals surface area contributed by atoms with Crippen molar-refractivity contribution in [3.8, 4) is 0 Å². The lowest BCUT2D eigenvalue weighted by atomic mass is 9.75. The van der Waals surface area contributed by atoms with Crippen molar-refractivity contribution in [3.05, 3.63) is 0 Å². The van der Waals surface area contributed by atoms with E-state index in [1.807, 2.05) is 0 Å². The Kier molecular flexibility index (Phi) is 4.89. The number of hydrogen-bond donors (Lipinski definition) is 3. The first-order valence-corrected chi connectivity index (χ1v) is 5.75. The molecule has 0 aromatic heterocycles. The van der Waals surface area contributed by atoms with Gasteiger partial charge >= 0.3 is 5.97 Å². The van der Waals surface area contributed by atoms with Gasteiger partial charge in [0.2, 0.25) is 5.91 Å². The number of rotatable bonds is 7. The van der Waals surface area contributed by atoms with Gasteiger partial charge in [0.05, 0.1) is 12.5 Å². The molecule has 0 aromatic rings. The Bertz CT molecular complexity index is 289. The summed E-state index contributed by atoms with van der Waals surface area (Å²) in [5, 5.41) is 11.3. The van der Waals surface area contributed by atoms with Gasteiger partial charge in [-0.3, -0.25) is 9.59 Å². The van der Waals surface area contributed by atoms with Crippen LogP contribution in [0.15, 0.2) is 0 Å². The molecule has 0 radical (unpaired) electrons. The Morgan fingerprint density at radius 1 is 1.53 bits per heavy atom. The summed E-state index contributed by atoms with van der Waals surface area (Å²) in [5.74, 6) is -1.08. The van der Waals surface area contributed by atoms with Gasteiger partial charge in [-0.15, -0.1) is 0 Å². The Balaban J connectivity index is 2.23. The fourth-order valence-corrected chi connectivity index (χ4v) is 1.85. The smallest absolute Gasteiger partial charge is 0.306 e. The van der Waals surface area contributed by atoms with Gasteiger partial charge in [0.25, 0.3) is 0 Å². The molecule has 4 N–H and O–H groups in total. The zero-order chi connectivity index (χ0) is 12.9. The van der Waals surface area contributed by atoms with E-state index in [4.69, 9.17) is 15.6 Å². The molecule has 1 unspecified atom stereocenters. The summed E-state index contributed by atoms with van der Waals surface area (Å²) in [4.78, 5) is 22.0. The Morgan fingerprint density at radius 3 is 2.59 bits per heavy atom. The third kappa shape index (κ3) is 4.70. The van der Waals surface area contributed by atoms with E-state index in [0.29, 0.717) is 6.42 Å². The summed E-state index contributed by atoms with van der Waals surface area (Å²) in [6.45, 7) is 0.206. The van der Waals surface area contributed by atoms with Gasteiger partial charge in [-0.25, -0.2) is 0 Å². The van der Waals surface area contributed by atoms with Crippen LogP contribution in [0.4, 0.5) is 0 Å². The lowest BCUT2D eigenvalue weighted by molar-refractivity contribution is -0.140. The number of carbonyl (C=O) groups is 2. The molecule has 0 heterocycles. The van der Waals surface area contributed by atoms with Crippen molar-refractivity contribution < 1.29 is 19.4 Å². The predicted molar refractivity (Wildman–Crippen MR) is 61.4 cm³/mol. The maximum atomic E-state index is 11.6. The lowest BCUT2D eigenvalue weighted by Crippen LogP contribution is -2.50. The first-order valence-electron chi connectivity index (χ1n) is 5.75. The minimum absolute atomic E-state index is 0.120. The summed E-state index contributed by atoms with van der Waals surface area (Å²) in [6.07, 6.45) is 2.52. The Hall–Kier alpha value is -1.14. The average Bonchev–Trinajstić information content (AvgIpc) is 2.21. The second-order valence-electron chi connectivity index (χ2n) is 4.65. The minimum Gasteiger partial charge on any atom is -0.481 e. The van der Waals surface area contributed by atoms with Crippen LogP contribution in [0.2, 0.25) is 0 Å². The van der Waals surface area contributed by atoms with E-state index >= 15 is 0 Å². The fraction of sp³-hybridized carbons (Fsp3) is 0.818. The highest BCUT2D eigenvalue weighted by Crippen LogP contribution is 2.31. The van der Waals surface area contributed by atoms with Crippen LogP contribution in [-0.4, -0.2) is 42.3 Å². The SMILES string of the molecule is COC(CNC(=O)CC1(N)CCC1)CC(=O)O. The quantitative estimate of drug-likeness (QED) is 0.578. The van der Waals surface area contributed by atoms with E-state index in [1.165, 1.54) is 7.11 Å². The number of hydrogen-bond acceptors (Lipinski definition) is 4. The first-order chi connectivity index (χ1) is 7.95. The molecule has 0 spiro atoms. The van der Waals surface area contributed by atoms with Crippen LogP contribution in [0.1, 0.15) is 32.1 Å². The topological polar surface area (TPSA) is 102 Å². The molecule has 0 aliphatic heterocycles. The monoisotopic (exact) mass is 244 g/mol. The summed E-state index contributed by atoms with van der Waals surface area (Å²) < 4.78 is 4.96. The standard InChI is InChI=1S/C11H20N2O4/c1-17-8(5-10(15)16)7-13-9(14)6-11(12)3-2-4-11/h8H,2-7,12H2,1H3,(H,13,14)(H,15,16). The molecule has 1 aliphatic rings. The van der Waals surface area contributed by atoms with E-state index < -0.39 is 12.1 Å². The predicted octanol–water partition coefficient (Wildman–Crippen LogP) is -0.136. The van der Waals surface area contributed by atoms with Crippen LogP contribution in [0.25, 0.3) is 0 Å². The van der Waals surface area contributed by atoms with Crippen LogP contribution in [0.5, 0.6) is 0 Å². The maximum absolute atomic E-state index is 11.6. The molecular formula is C11H20N2O4. The van der Waals surface area contributed by atoms with Crippen molar-refractivity contribution in [2.75, 3.05) is 13.7 Å². The Labute approximate surface area is 101 Å². The molecule has 6 heteroatoms. The third-order valence-electron chi connectivity index (χ3n) is 3.12. The van der Waals surface area contributed by atoms with Gasteiger partial charge in [0.1, 0.15) is 0 Å². The van der Waals surface area contributed by atoms with E-state index in [0.717, 1.165) is 19.3 Å². The van der Waals surface area contributed by atoms with Gasteiger partial charge in [-0.1, -0.05) is 0 Å². The zero-order valence-electron chi connectivity index (χ0n) is 10.1. The minimum atomic E-state index is -0.944. The van der Waals surface area contributed by atoms with Crippen molar-refractivity contribution in [2.45, 2.75) is 43.7 Å². The number of nitrogens with two attached hydrogens (primary N) is 1. The maximum Gasteiger partial charge on any atom is 0.306 e. The van der Waals surface area contributed by atoms with Crippen molar-refractivity contribution in [1.29, 1.82) is 0 Å². The number of amides is 1. The molecule has 1 rings (SSSR count). The normalized spacial score (nSPS) is 19.2. The van der Waals surface area contributed by atoms with Gasteiger partial charge < -0.3 is 20.9 Å². The number of aliphatic carboxylic acids is 1. The molecule has 6 nitrogen and oxygen atoms in total. The summed E-state index contributed by atoms with van der Waals surface area (Å²) >= 11 is 0. The van der Waals surface area contributed by atoms with Crippen LogP contribution in [0.3, 0.4) is 0 Å². The summed E-state index contributed by atoms with van der Waals surface area (Å²) in [6, 6.07) is 0. The van der Waals surface area contributed by atoms with Crippen LogP contribution in [0, 0.1) is 0 Å². The molecular weight excluding hydrogens is 224 g/mol. The highest BCUT2D eigenvalue weighted by Gasteiger charge is 2.34. The van der Waals surface area contributed by atoms with Gasteiger partial charge in [-0.2, -0.15) is 0 Å². The highest BCUT2D eigenvalue weighted by atomic mass is 16.5. The second kappa shape index (κ2) is 5.97. The van der Waals surface area contributed by atoms with Crippen molar-refractivity contribution in [2.24, 2.45) is 5.73 Å². The van der Waals surface area contributed by atoms with Crippen LogP contribution < -0.4 is 11.1 Å². The third-order valence-corrected chi connectivity index (χ3v) is 3.12. The van der Waals surface area contributed by atoms with E-state index in [-0.39, 0.29) is 24.4 Å². The number of carboxylic acids is 1. The highest BCUT2D eigenvalue weighted by molar-refractivity contribution is 5.77. The lowest BCUT2D eigenvalue weighted by Gasteiger charge is -2.37. The second-order valence-corrected chi connectivity index (χ2v) is 4.65. The fourth-order valence-electron chi connectivity index (χ4n) is 1.85. The van der Waals surface area contributed by atoms with Gasteiger partial charge in [0, 0.05) is 25.6 Å². The molecule has 98 valence electrons. The molecule has 17 heavy (non-hydrogen) atoms. The summed E-state index contributed by atoms with van der Waals surface area (Å²) in [5.41, 5.74) is 5.59. The van der Waals surface area contributed by atoms with E-state index in [9.17, 15) is 9.59 Å². The average molecular weight is 244 g/mol. The van der Waals surface area contributed by atoms with Crippen molar-refractivity contribution in [1.82, 2.24) is 5.32 Å². The van der Waals surface area contributed by atoms with E-state index in [2.05, 4.69) is 5.32 Å². The number of nitrogens with one attached hydrogen (secondary N) is 1. The summed E-state index contributed by atoms with van der Waals surface area (Å²) in [7, 11) is 1.43. The number of methoxy groups -OCH3 is 1. The molecule has 1 atom stereocenters. The Morgan fingerprint density at radius 2 is 2.18 bits per heavy atom. The molecule has 0 bridgehead atoms. The molecule has 1 fully saturated rings. The van der Waals surface area contributed by atoms with Gasteiger partial charge in [-0.05, 0) is 19.3 Å². The number of ether oxygens (including phenoxy) is 1. The van der Waals surface area contributed by atoms with Crippen LogP contribution in [-0.2, 0) is 14.3 Å². The van der Waals surface area contributed by atoms with Crippen LogP contribution >= 0.6 is 0 Å². The first kappa shape index (κ1) is 13.9. The molecule has 0 aromatic carbocycles. The molecule has 1 amide bonds. The van der Waals surface area contributed by atoms with E-state index in [1.54, 1.807) is 0 Å².